The summed E-state index contributed by atoms with van der Waals surface area (Å²) >= 11 is 13.5. The molecule has 11 nitrogen and oxygen atoms in total. The maximum Gasteiger partial charge on any atom is 0.312 e. The van der Waals surface area contributed by atoms with Crippen molar-refractivity contribution in [2.45, 2.75) is 45.9 Å². The molecule has 1 aliphatic rings. The lowest BCUT2D eigenvalue weighted by Crippen LogP contribution is -2.46. The van der Waals surface area contributed by atoms with Gasteiger partial charge in [0.25, 0.3) is 0 Å². The van der Waals surface area contributed by atoms with Gasteiger partial charge in [-0.15, -0.1) is 0 Å². The molecule has 3 aromatic carbocycles. The molecule has 1 aromatic heterocycles. The summed E-state index contributed by atoms with van der Waals surface area (Å²) in [7, 11) is 0. The maximum absolute atomic E-state index is 11.6. The number of halogens is 2. The standard InChI is InChI=1S/C38H42Cl2N4O7/c1-24-26(22-51-34-17-33(27(18-41)16-31(34)39)50-21-25-15-28(36(42)46)20-43-19-25)5-2-6-29(24)30-7-3-8-32(35(30)40)49-14-4-11-44-12-9-38(23-45,10-13-44)37(47)48/h2-3,5-8,15-17,19-20,45H,4,9-14,18,21-23,41H2,1H3,(H2,42,46)(H,47,48). The second-order valence-electron chi connectivity index (χ2n) is 12.6. The molecule has 51 heavy (non-hydrogen) atoms. The molecule has 1 amide bonds. The number of amides is 1. The first kappa shape index (κ1) is 37.9. The van der Waals surface area contributed by atoms with Crippen molar-refractivity contribution in [2.75, 3.05) is 32.8 Å². The lowest BCUT2D eigenvalue weighted by Gasteiger charge is -2.37. The van der Waals surface area contributed by atoms with Crippen LogP contribution in [-0.2, 0) is 24.6 Å². The first-order valence-corrected chi connectivity index (χ1v) is 17.4. The van der Waals surface area contributed by atoms with E-state index in [-0.39, 0.29) is 31.9 Å². The lowest BCUT2D eigenvalue weighted by atomic mass is 9.79. The summed E-state index contributed by atoms with van der Waals surface area (Å²) in [6, 6.07) is 16.7. The average Bonchev–Trinajstić information content (AvgIpc) is 3.13. The minimum Gasteiger partial charge on any atom is -0.492 e. The number of likely N-dealkylation sites (tertiary alicyclic amines) is 1. The van der Waals surface area contributed by atoms with Crippen molar-refractivity contribution in [3.63, 3.8) is 0 Å². The highest BCUT2D eigenvalue weighted by Gasteiger charge is 2.40. The zero-order chi connectivity index (χ0) is 36.5. The number of piperidine rings is 1. The highest BCUT2D eigenvalue weighted by molar-refractivity contribution is 6.35. The Morgan fingerprint density at radius 3 is 2.35 bits per heavy atom. The average molecular weight is 738 g/mol. The van der Waals surface area contributed by atoms with E-state index in [4.69, 9.17) is 48.9 Å². The third-order valence-electron chi connectivity index (χ3n) is 9.34. The number of carbonyl (C=O) groups excluding carboxylic acids is 1. The third-order valence-corrected chi connectivity index (χ3v) is 10.0. The van der Waals surface area contributed by atoms with Gasteiger partial charge in [-0.3, -0.25) is 14.6 Å². The molecule has 270 valence electrons. The molecule has 0 radical (unpaired) electrons. The van der Waals surface area contributed by atoms with Crippen molar-refractivity contribution in [1.82, 2.24) is 9.88 Å². The predicted molar refractivity (Wildman–Crippen MR) is 195 cm³/mol. The molecular formula is C38H42Cl2N4O7. The zero-order valence-electron chi connectivity index (χ0n) is 28.4. The molecule has 2 heterocycles. The van der Waals surface area contributed by atoms with Crippen molar-refractivity contribution in [3.05, 3.63) is 105 Å². The summed E-state index contributed by atoms with van der Waals surface area (Å²) in [4.78, 5) is 29.4. The number of benzene rings is 3. The summed E-state index contributed by atoms with van der Waals surface area (Å²) in [6.45, 7) is 4.66. The number of primary amides is 1. The molecule has 5 rings (SSSR count). The van der Waals surface area contributed by atoms with Crippen LogP contribution in [0, 0.1) is 12.3 Å². The van der Waals surface area contributed by atoms with Crippen LogP contribution in [0.4, 0.5) is 0 Å². The highest BCUT2D eigenvalue weighted by Crippen LogP contribution is 2.39. The number of carboxylic acid groups (broad SMARTS) is 1. The Bertz CT molecular complexity index is 1860. The van der Waals surface area contributed by atoms with Gasteiger partial charge >= 0.3 is 5.97 Å². The van der Waals surface area contributed by atoms with Gasteiger partial charge in [0.05, 0.1) is 34.2 Å². The molecule has 0 atom stereocenters. The Kier molecular flexibility index (Phi) is 12.8. The van der Waals surface area contributed by atoms with E-state index in [1.165, 1.54) is 6.20 Å². The summed E-state index contributed by atoms with van der Waals surface area (Å²) in [5.74, 6) is -0.0106. The normalized spacial score (nSPS) is 14.2. The van der Waals surface area contributed by atoms with Crippen LogP contribution < -0.4 is 25.7 Å². The van der Waals surface area contributed by atoms with Crippen molar-refractivity contribution in [1.29, 1.82) is 0 Å². The summed E-state index contributed by atoms with van der Waals surface area (Å²) < 4.78 is 18.3. The Morgan fingerprint density at radius 2 is 1.65 bits per heavy atom. The van der Waals surface area contributed by atoms with Crippen LogP contribution in [0.15, 0.2) is 67.0 Å². The Hall–Kier alpha value is -4.39. The topological polar surface area (TPSA) is 170 Å². The van der Waals surface area contributed by atoms with Crippen LogP contribution in [0.25, 0.3) is 11.1 Å². The Balaban J connectivity index is 1.21. The van der Waals surface area contributed by atoms with Crippen molar-refractivity contribution >= 4 is 35.1 Å². The van der Waals surface area contributed by atoms with Crippen molar-refractivity contribution in [2.24, 2.45) is 16.9 Å². The third kappa shape index (κ3) is 9.10. The number of nitrogens with two attached hydrogens (primary N) is 2. The molecule has 6 N–H and O–H groups in total. The van der Waals surface area contributed by atoms with Gasteiger partial charge in [-0.05, 0) is 74.2 Å². The second kappa shape index (κ2) is 17.2. The number of pyridine rings is 1. The van der Waals surface area contributed by atoms with E-state index in [1.54, 1.807) is 24.4 Å². The number of carboxylic acids is 1. The van der Waals surface area contributed by atoms with Crippen LogP contribution in [0.2, 0.25) is 10.0 Å². The van der Waals surface area contributed by atoms with E-state index in [1.807, 2.05) is 43.3 Å². The van der Waals surface area contributed by atoms with Gasteiger partial charge in [-0.2, -0.15) is 0 Å². The Morgan fingerprint density at radius 1 is 0.922 bits per heavy atom. The van der Waals surface area contributed by atoms with Crippen LogP contribution in [0.5, 0.6) is 17.2 Å². The van der Waals surface area contributed by atoms with Gasteiger partial charge in [0, 0.05) is 48.2 Å². The van der Waals surface area contributed by atoms with Gasteiger partial charge in [0.15, 0.2) is 0 Å². The first-order valence-electron chi connectivity index (χ1n) is 16.6. The van der Waals surface area contributed by atoms with Gasteiger partial charge in [0.2, 0.25) is 5.91 Å². The SMILES string of the molecule is Cc1c(COc2cc(OCc3cncc(C(N)=O)c3)c(CN)cc2Cl)cccc1-c1cccc(OCCCN2CCC(CO)(C(=O)O)CC2)c1Cl. The second-order valence-corrected chi connectivity index (χ2v) is 13.4. The lowest BCUT2D eigenvalue weighted by molar-refractivity contribution is -0.155. The van der Waals surface area contributed by atoms with Gasteiger partial charge < -0.3 is 40.8 Å². The van der Waals surface area contributed by atoms with E-state index < -0.39 is 17.3 Å². The Labute approximate surface area is 307 Å². The van der Waals surface area contributed by atoms with Crippen LogP contribution >= 0.6 is 23.2 Å². The van der Waals surface area contributed by atoms with E-state index in [0.29, 0.717) is 71.0 Å². The smallest absolute Gasteiger partial charge is 0.312 e. The van der Waals surface area contributed by atoms with E-state index in [2.05, 4.69) is 9.88 Å². The quantitative estimate of drug-likeness (QED) is 0.1000. The fourth-order valence-corrected chi connectivity index (χ4v) is 6.60. The number of aliphatic hydroxyl groups is 1. The van der Waals surface area contributed by atoms with Crippen molar-refractivity contribution < 1.29 is 34.0 Å². The molecule has 1 saturated heterocycles. The van der Waals surface area contributed by atoms with Crippen LogP contribution in [0.3, 0.4) is 0 Å². The number of ether oxygens (including phenoxy) is 3. The van der Waals surface area contributed by atoms with Crippen LogP contribution in [-0.4, -0.2) is 64.8 Å². The molecule has 0 bridgehead atoms. The molecule has 0 spiro atoms. The van der Waals surface area contributed by atoms with Gasteiger partial charge in [0.1, 0.15) is 30.5 Å². The van der Waals surface area contributed by atoms with Gasteiger partial charge in [-0.25, -0.2) is 0 Å². The summed E-state index contributed by atoms with van der Waals surface area (Å²) in [6.07, 6.45) is 4.59. The monoisotopic (exact) mass is 736 g/mol. The summed E-state index contributed by atoms with van der Waals surface area (Å²) in [5, 5.41) is 20.0. The number of carbonyl (C=O) groups is 2. The predicted octanol–water partition coefficient (Wildman–Crippen LogP) is 6.01. The molecule has 0 saturated carbocycles. The molecule has 13 heteroatoms. The van der Waals surface area contributed by atoms with Crippen molar-refractivity contribution in [3.8, 4) is 28.4 Å². The largest absolute Gasteiger partial charge is 0.492 e. The molecular weight excluding hydrogens is 695 g/mol. The molecule has 1 aliphatic heterocycles. The first-order chi connectivity index (χ1) is 24.5. The fourth-order valence-electron chi connectivity index (χ4n) is 6.07. The molecule has 4 aromatic rings. The minimum absolute atomic E-state index is 0.131. The molecule has 1 fully saturated rings. The minimum atomic E-state index is -1.04. The van der Waals surface area contributed by atoms with E-state index in [9.17, 15) is 19.8 Å². The zero-order valence-corrected chi connectivity index (χ0v) is 29.9. The fraction of sp³-hybridized carbons (Fsp3) is 0.342. The molecule has 0 aliphatic carbocycles. The number of hydrogen-bond acceptors (Lipinski definition) is 9. The van der Waals surface area contributed by atoms with E-state index >= 15 is 0 Å². The highest BCUT2D eigenvalue weighted by atomic mass is 35.5. The number of aliphatic carboxylic acids is 1. The molecule has 0 unspecified atom stereocenters. The summed E-state index contributed by atoms with van der Waals surface area (Å²) in [5.41, 5.74) is 15.6. The van der Waals surface area contributed by atoms with Crippen LogP contribution in [0.1, 0.15) is 51.9 Å². The van der Waals surface area contributed by atoms with Gasteiger partial charge in [-0.1, -0.05) is 53.5 Å². The number of aliphatic hydroxyl groups excluding tert-OH is 1. The number of nitrogens with zero attached hydrogens (tertiary/aromatic N) is 2. The maximum atomic E-state index is 11.6. The number of hydrogen-bond donors (Lipinski definition) is 4. The van der Waals surface area contributed by atoms with E-state index in [0.717, 1.165) is 35.2 Å². The number of rotatable bonds is 16. The number of aromatic nitrogens is 1.